The van der Waals surface area contributed by atoms with Crippen molar-refractivity contribution in [1.82, 2.24) is 20.2 Å². The number of quaternary nitrogens is 1. The maximum absolute atomic E-state index is 13.4. The smallest absolute Gasteiger partial charge is 0.347 e. The second kappa shape index (κ2) is 13.9. The number of oxime groups is 1. The molecule has 1 saturated heterocycles. The van der Waals surface area contributed by atoms with Gasteiger partial charge in [-0.1, -0.05) is 5.16 Å². The molecule has 4 rings (SSSR count). The molecule has 17 nitrogen and oxygen atoms in total. The van der Waals surface area contributed by atoms with E-state index in [4.69, 9.17) is 9.57 Å². The number of hydrogen-bond donors (Lipinski definition) is 4. The fraction of sp³-hybridized carbons (Fsp3) is 0.429. The third-order valence-electron chi connectivity index (χ3n) is 6.60. The average Bonchev–Trinajstić information content (AvgIpc) is 3.42. The molecule has 0 saturated carbocycles. The van der Waals surface area contributed by atoms with E-state index in [1.165, 1.54) is 29.4 Å². The fourth-order valence-corrected chi connectivity index (χ4v) is 6.85. The number of pyridine rings is 1. The summed E-state index contributed by atoms with van der Waals surface area (Å²) in [6.45, 7) is 4.82. The number of aromatic hydroxyl groups is 1. The lowest BCUT2D eigenvalue weighted by molar-refractivity contribution is -0.899. The first kappa shape index (κ1) is 35.1. The number of aromatic amines is 1. The highest BCUT2D eigenvalue weighted by molar-refractivity contribution is 8.00. The summed E-state index contributed by atoms with van der Waals surface area (Å²) in [5, 5.41) is 31.3. The number of β-lactam (4-membered cyclic amide) rings is 1. The molecule has 2 aliphatic rings. The van der Waals surface area contributed by atoms with Crippen LogP contribution in [0.4, 0.5) is 5.13 Å². The molecule has 4 heterocycles. The maximum atomic E-state index is 13.4. The van der Waals surface area contributed by atoms with Gasteiger partial charge in [-0.15, -0.1) is 23.1 Å². The summed E-state index contributed by atoms with van der Waals surface area (Å²) in [4.78, 5) is 86.9. The Hall–Kier alpha value is -4.75. The number of amides is 3. The first-order valence-corrected chi connectivity index (χ1v) is 15.9. The molecule has 0 radical (unpaired) electrons. The molecule has 1 fully saturated rings. The van der Waals surface area contributed by atoms with Crippen LogP contribution in [0.15, 0.2) is 38.9 Å². The Morgan fingerprint density at radius 1 is 1.28 bits per heavy atom. The van der Waals surface area contributed by atoms with Crippen LogP contribution in [0.3, 0.4) is 0 Å². The third kappa shape index (κ3) is 8.54. The standard InChI is InChI=1S/C28H33N7O10S2/c1-28(2,3)45-19(39)10-44-33-20(16-12-47-27(31-16)30-13-36)23(40)32-21-24(41)34-22(26(42)43)14(11-46-25(21)34)8-35(4,5)9-15-6-17(37)18(38)7-29-15/h6-7,12-13,21,25H,8-11H2,1-5H3,(H4-,29,30,31,32,33,36,37,38,40,42,43)/t21-,25-/m1/s1. The lowest BCUT2D eigenvalue weighted by atomic mass is 10.0. The second-order valence-corrected chi connectivity index (χ2v) is 14.1. The van der Waals surface area contributed by atoms with Crippen molar-refractivity contribution >= 4 is 64.1 Å². The van der Waals surface area contributed by atoms with Gasteiger partial charge >= 0.3 is 5.97 Å². The van der Waals surface area contributed by atoms with Gasteiger partial charge in [0.2, 0.25) is 18.4 Å². The van der Waals surface area contributed by atoms with Crippen molar-refractivity contribution in [3.8, 4) is 5.75 Å². The number of nitrogens with zero attached hydrogens (tertiary/aromatic N) is 4. The highest BCUT2D eigenvalue weighted by Crippen LogP contribution is 2.40. The number of carbonyl (C=O) groups excluding carboxylic acids is 5. The lowest BCUT2D eigenvalue weighted by Gasteiger charge is -2.51. The Kier molecular flexibility index (Phi) is 10.4. The topological polar surface area (TPSA) is 233 Å². The van der Waals surface area contributed by atoms with Crippen molar-refractivity contribution < 1.29 is 48.2 Å². The zero-order valence-electron chi connectivity index (χ0n) is 26.0. The van der Waals surface area contributed by atoms with Crippen LogP contribution in [-0.4, -0.2) is 110 Å². The average molecular weight is 692 g/mol. The summed E-state index contributed by atoms with van der Waals surface area (Å²) in [5.74, 6) is -4.13. The predicted molar refractivity (Wildman–Crippen MR) is 167 cm³/mol. The fourth-order valence-electron chi connectivity index (χ4n) is 4.86. The summed E-state index contributed by atoms with van der Waals surface area (Å²) in [6, 6.07) is 0.113. The Morgan fingerprint density at radius 2 is 2.00 bits per heavy atom. The largest absolute Gasteiger partial charge is 0.543 e. The molecule has 2 aromatic heterocycles. The quantitative estimate of drug-likeness (QED) is 0.0487. The van der Waals surface area contributed by atoms with Gasteiger partial charge in [0.25, 0.3) is 11.8 Å². The first-order chi connectivity index (χ1) is 22.0. The monoisotopic (exact) mass is 691 g/mol. The van der Waals surface area contributed by atoms with Crippen LogP contribution in [-0.2, 0) is 40.1 Å². The number of likely N-dealkylation sites (N-methyl/N-ethyl adjacent to an activating group) is 1. The molecular formula is C28H33N7O10S2. The van der Waals surface area contributed by atoms with E-state index in [2.05, 4.69) is 25.8 Å². The molecular weight excluding hydrogens is 658 g/mol. The Labute approximate surface area is 276 Å². The number of fused-ring (bicyclic) bond motifs is 1. The van der Waals surface area contributed by atoms with Gasteiger partial charge in [-0.25, -0.2) is 9.78 Å². The number of aliphatic carboxylic acids is 1. The molecule has 3 amide bonds. The van der Waals surface area contributed by atoms with Gasteiger partial charge in [-0.2, -0.15) is 0 Å². The van der Waals surface area contributed by atoms with Gasteiger partial charge in [-0.3, -0.25) is 24.1 Å². The van der Waals surface area contributed by atoms with Gasteiger partial charge < -0.3 is 44.7 Å². The van der Waals surface area contributed by atoms with Crippen molar-refractivity contribution in [1.29, 1.82) is 0 Å². The SMILES string of the molecule is CC(C)(C)OC(=O)CON=C(C(=O)N[C@@H]1C(=O)N2C(C(=O)[O-])=C(C[N+](C)(C)Cc3cc(=O)c(O)c[nH]3)CS[C@H]12)c1csc(NC=O)n1. The Bertz CT molecular complexity index is 1710. The lowest BCUT2D eigenvalue weighted by Crippen LogP contribution is -2.71. The summed E-state index contributed by atoms with van der Waals surface area (Å²) < 4.78 is 5.35. The van der Waals surface area contributed by atoms with E-state index in [1.807, 2.05) is 14.1 Å². The number of thiazole rings is 1. The van der Waals surface area contributed by atoms with Crippen LogP contribution in [0.2, 0.25) is 0 Å². The number of carboxylic acid groups (broad SMARTS) is 1. The summed E-state index contributed by atoms with van der Waals surface area (Å²) in [6.07, 6.45) is 1.57. The number of carbonyl (C=O) groups is 5. The highest BCUT2D eigenvalue weighted by Gasteiger charge is 2.53. The van der Waals surface area contributed by atoms with Gasteiger partial charge in [0.15, 0.2) is 16.6 Å². The number of hydrogen-bond acceptors (Lipinski definition) is 14. The normalized spacial score (nSPS) is 18.2. The molecule has 0 aromatic carbocycles. The number of anilines is 1. The van der Waals surface area contributed by atoms with Crippen LogP contribution in [0.1, 0.15) is 32.2 Å². The summed E-state index contributed by atoms with van der Waals surface area (Å²) in [5.41, 5.74) is -1.13. The minimum Gasteiger partial charge on any atom is -0.543 e. The van der Waals surface area contributed by atoms with E-state index in [0.29, 0.717) is 17.7 Å². The predicted octanol–water partition coefficient (Wildman–Crippen LogP) is -1.15. The second-order valence-electron chi connectivity index (χ2n) is 12.2. The van der Waals surface area contributed by atoms with E-state index in [1.54, 1.807) is 20.8 Å². The summed E-state index contributed by atoms with van der Waals surface area (Å²) in [7, 11) is 3.62. The number of aromatic nitrogens is 2. The van der Waals surface area contributed by atoms with E-state index in [-0.39, 0.29) is 39.8 Å². The molecule has 2 aromatic rings. The molecule has 47 heavy (non-hydrogen) atoms. The van der Waals surface area contributed by atoms with Gasteiger partial charge in [0, 0.05) is 29.0 Å². The number of ether oxygens (including phenoxy) is 1. The Balaban J connectivity index is 1.51. The molecule has 0 spiro atoms. The molecule has 0 bridgehead atoms. The number of nitrogens with one attached hydrogen (secondary N) is 3. The number of esters is 1. The third-order valence-corrected chi connectivity index (χ3v) is 8.71. The molecule has 2 atom stereocenters. The van der Waals surface area contributed by atoms with Crippen molar-refractivity contribution in [2.45, 2.75) is 44.3 Å². The van der Waals surface area contributed by atoms with Gasteiger partial charge in [0.05, 0.1) is 31.5 Å². The van der Waals surface area contributed by atoms with Crippen molar-refractivity contribution in [3.05, 3.63) is 50.5 Å². The van der Waals surface area contributed by atoms with E-state index in [0.717, 1.165) is 16.2 Å². The van der Waals surface area contributed by atoms with Gasteiger partial charge in [-0.05, 0) is 20.8 Å². The van der Waals surface area contributed by atoms with Crippen LogP contribution < -0.4 is 21.2 Å². The molecule has 0 aliphatic carbocycles. The van der Waals surface area contributed by atoms with E-state index < -0.39 is 64.3 Å². The number of carboxylic acids is 1. The van der Waals surface area contributed by atoms with Crippen molar-refractivity contribution in [2.24, 2.45) is 5.16 Å². The minimum absolute atomic E-state index is 0.0199. The van der Waals surface area contributed by atoms with Crippen LogP contribution in [0.25, 0.3) is 0 Å². The van der Waals surface area contributed by atoms with Crippen LogP contribution in [0, 0.1) is 0 Å². The Morgan fingerprint density at radius 3 is 2.64 bits per heavy atom. The van der Waals surface area contributed by atoms with Crippen molar-refractivity contribution in [3.63, 3.8) is 0 Å². The minimum atomic E-state index is -1.56. The van der Waals surface area contributed by atoms with Gasteiger partial charge in [0.1, 0.15) is 35.8 Å². The number of H-pyrrole nitrogens is 1. The zero-order valence-corrected chi connectivity index (χ0v) is 27.7. The highest BCUT2D eigenvalue weighted by atomic mass is 32.2. The molecule has 4 N–H and O–H groups in total. The zero-order chi connectivity index (χ0) is 34.7. The molecule has 0 unspecified atom stereocenters. The number of thioether (sulfide) groups is 1. The first-order valence-electron chi connectivity index (χ1n) is 14.0. The van der Waals surface area contributed by atoms with Crippen LogP contribution in [0.5, 0.6) is 5.75 Å². The van der Waals surface area contributed by atoms with Crippen molar-refractivity contribution in [2.75, 3.05) is 38.3 Å². The van der Waals surface area contributed by atoms with E-state index in [9.17, 15) is 39.0 Å². The van der Waals surface area contributed by atoms with E-state index >= 15 is 0 Å². The number of rotatable bonds is 13. The molecule has 252 valence electrons. The maximum Gasteiger partial charge on any atom is 0.347 e. The van der Waals surface area contributed by atoms with Crippen LogP contribution >= 0.6 is 23.1 Å². The summed E-state index contributed by atoms with van der Waals surface area (Å²) >= 11 is 2.22. The molecule has 2 aliphatic heterocycles. The molecule has 19 heteroatoms.